The van der Waals surface area contributed by atoms with E-state index in [2.05, 4.69) is 10.3 Å². The quantitative estimate of drug-likeness (QED) is 0.847. The lowest BCUT2D eigenvalue weighted by Gasteiger charge is -2.40. The number of aromatic nitrogens is 2. The maximum atomic E-state index is 12.6. The lowest BCUT2D eigenvalue weighted by atomic mass is 9.86. The molecule has 3 heterocycles. The molecule has 21 heavy (non-hydrogen) atoms. The normalized spacial score (nSPS) is 27.2. The van der Waals surface area contributed by atoms with E-state index in [1.807, 2.05) is 0 Å². The Hall–Kier alpha value is -1.12. The molecule has 2 atom stereocenters. The summed E-state index contributed by atoms with van der Waals surface area (Å²) in [6.45, 7) is 0.775. The molecule has 2 saturated heterocycles. The van der Waals surface area contributed by atoms with Gasteiger partial charge in [-0.1, -0.05) is 11.6 Å². The number of carbonyl (C=O) groups excluding carboxylic acids is 1. The van der Waals surface area contributed by atoms with Crippen molar-refractivity contribution < 1.29 is 13.2 Å². The first kappa shape index (κ1) is 14.8. The molecule has 2 aliphatic rings. The van der Waals surface area contributed by atoms with Crippen LogP contribution in [0, 0.1) is 5.92 Å². The molecule has 7 nitrogen and oxygen atoms in total. The van der Waals surface area contributed by atoms with E-state index < -0.39 is 10.0 Å². The molecule has 1 amide bonds. The Morgan fingerprint density at radius 1 is 1.43 bits per heavy atom. The van der Waals surface area contributed by atoms with Crippen LogP contribution in [0.4, 0.5) is 0 Å². The molecule has 0 aliphatic carbocycles. The number of amides is 1. The molecule has 1 aromatic rings. The number of nitrogens with one attached hydrogen (secondary N) is 1. The fourth-order valence-electron chi connectivity index (χ4n) is 2.98. The lowest BCUT2D eigenvalue weighted by molar-refractivity contribution is -0.124. The Balaban J connectivity index is 1.82. The van der Waals surface area contributed by atoms with Crippen LogP contribution in [-0.2, 0) is 21.9 Å². The zero-order valence-electron chi connectivity index (χ0n) is 11.6. The third kappa shape index (κ3) is 2.56. The van der Waals surface area contributed by atoms with Crippen molar-refractivity contribution in [1.29, 1.82) is 0 Å². The fourth-order valence-corrected chi connectivity index (χ4v) is 4.88. The number of hydrogen-bond acceptors (Lipinski definition) is 4. The topological polar surface area (TPSA) is 84.3 Å². The van der Waals surface area contributed by atoms with E-state index in [0.717, 1.165) is 6.42 Å². The molecule has 116 valence electrons. The van der Waals surface area contributed by atoms with Crippen LogP contribution in [0.2, 0.25) is 5.15 Å². The molecule has 0 aromatic carbocycles. The number of rotatable bonds is 2. The van der Waals surface area contributed by atoms with E-state index in [4.69, 9.17) is 11.6 Å². The first-order chi connectivity index (χ1) is 9.89. The van der Waals surface area contributed by atoms with E-state index in [0.29, 0.717) is 25.9 Å². The maximum Gasteiger partial charge on any atom is 0.263 e. The van der Waals surface area contributed by atoms with Gasteiger partial charge < -0.3 is 9.88 Å². The first-order valence-corrected chi connectivity index (χ1v) is 8.67. The van der Waals surface area contributed by atoms with Crippen molar-refractivity contribution in [3.8, 4) is 0 Å². The van der Waals surface area contributed by atoms with Crippen LogP contribution < -0.4 is 5.32 Å². The van der Waals surface area contributed by atoms with Crippen molar-refractivity contribution in [1.82, 2.24) is 19.2 Å². The third-order valence-electron chi connectivity index (χ3n) is 4.20. The second-order valence-corrected chi connectivity index (χ2v) is 7.79. The summed E-state index contributed by atoms with van der Waals surface area (Å²) in [5, 5.41) is 2.97. The number of halogens is 1. The highest BCUT2D eigenvalue weighted by atomic mass is 35.5. The van der Waals surface area contributed by atoms with E-state index in [-0.39, 0.29) is 28.0 Å². The standard InChI is InChI=1S/C12H17ClN4O3S/c1-16-7-14-12(11(16)13)21(19,20)17-5-4-9-8(6-17)2-3-10(18)15-9/h7-9H,2-6H2,1H3,(H,15,18). The van der Waals surface area contributed by atoms with Crippen LogP contribution in [0.25, 0.3) is 0 Å². The first-order valence-electron chi connectivity index (χ1n) is 6.86. The molecule has 0 radical (unpaired) electrons. The van der Waals surface area contributed by atoms with Gasteiger partial charge in [-0.15, -0.1) is 0 Å². The minimum atomic E-state index is -3.68. The Morgan fingerprint density at radius 2 is 2.19 bits per heavy atom. The summed E-state index contributed by atoms with van der Waals surface area (Å²) in [6, 6.07) is 0.0805. The van der Waals surface area contributed by atoms with Gasteiger partial charge >= 0.3 is 0 Å². The second-order valence-electron chi connectivity index (χ2n) is 5.58. The monoisotopic (exact) mass is 332 g/mol. The van der Waals surface area contributed by atoms with Crippen molar-refractivity contribution in [2.45, 2.75) is 30.3 Å². The van der Waals surface area contributed by atoms with Gasteiger partial charge in [-0.05, 0) is 18.8 Å². The Labute approximate surface area is 128 Å². The second kappa shape index (κ2) is 5.26. The van der Waals surface area contributed by atoms with Gasteiger partial charge in [0.25, 0.3) is 10.0 Å². The highest BCUT2D eigenvalue weighted by molar-refractivity contribution is 7.89. The predicted molar refractivity (Wildman–Crippen MR) is 76.2 cm³/mol. The van der Waals surface area contributed by atoms with Gasteiger partial charge in [0.1, 0.15) is 5.15 Å². The summed E-state index contributed by atoms with van der Waals surface area (Å²) in [5.74, 6) is 0.217. The molecule has 1 aromatic heterocycles. The molecule has 0 bridgehead atoms. The zero-order chi connectivity index (χ0) is 15.2. The Morgan fingerprint density at radius 3 is 2.86 bits per heavy atom. The van der Waals surface area contributed by atoms with Crippen molar-refractivity contribution in [2.75, 3.05) is 13.1 Å². The number of nitrogens with zero attached hydrogens (tertiary/aromatic N) is 3. The average molecular weight is 333 g/mol. The molecule has 2 fully saturated rings. The number of sulfonamides is 1. The van der Waals surface area contributed by atoms with E-state index in [9.17, 15) is 13.2 Å². The fraction of sp³-hybridized carbons (Fsp3) is 0.667. The summed E-state index contributed by atoms with van der Waals surface area (Å²) in [4.78, 5) is 15.3. The Bertz CT molecular complexity index is 672. The van der Waals surface area contributed by atoms with Crippen molar-refractivity contribution >= 4 is 27.5 Å². The molecular weight excluding hydrogens is 316 g/mol. The van der Waals surface area contributed by atoms with Crippen LogP contribution in [-0.4, -0.2) is 47.3 Å². The molecule has 1 N–H and O–H groups in total. The summed E-state index contributed by atoms with van der Waals surface area (Å²) < 4.78 is 28.2. The van der Waals surface area contributed by atoms with E-state index in [1.165, 1.54) is 15.2 Å². The molecular formula is C12H17ClN4O3S. The highest BCUT2D eigenvalue weighted by Gasteiger charge is 2.39. The van der Waals surface area contributed by atoms with Gasteiger partial charge in [-0.25, -0.2) is 13.4 Å². The van der Waals surface area contributed by atoms with Gasteiger partial charge in [0.15, 0.2) is 0 Å². The minimum Gasteiger partial charge on any atom is -0.353 e. The number of aryl methyl sites for hydroxylation is 1. The summed E-state index contributed by atoms with van der Waals surface area (Å²) in [6.07, 6.45) is 3.20. The third-order valence-corrected chi connectivity index (χ3v) is 6.56. The van der Waals surface area contributed by atoms with Gasteiger partial charge in [0.05, 0.1) is 6.33 Å². The molecule has 0 spiro atoms. The van der Waals surface area contributed by atoms with Gasteiger partial charge in [-0.3, -0.25) is 4.79 Å². The van der Waals surface area contributed by atoms with Gasteiger partial charge in [0, 0.05) is 32.6 Å². The number of piperidine rings is 2. The van der Waals surface area contributed by atoms with Crippen molar-refractivity contribution in [3.63, 3.8) is 0 Å². The van der Waals surface area contributed by atoms with Gasteiger partial charge in [-0.2, -0.15) is 4.31 Å². The van der Waals surface area contributed by atoms with E-state index >= 15 is 0 Å². The largest absolute Gasteiger partial charge is 0.353 e. The van der Waals surface area contributed by atoms with E-state index in [1.54, 1.807) is 7.05 Å². The maximum absolute atomic E-state index is 12.6. The Kier molecular flexibility index (Phi) is 3.71. The van der Waals surface area contributed by atoms with Gasteiger partial charge in [0.2, 0.25) is 10.9 Å². The number of imidazole rings is 1. The molecule has 2 unspecified atom stereocenters. The number of carbonyl (C=O) groups is 1. The molecule has 0 saturated carbocycles. The average Bonchev–Trinajstić information content (AvgIpc) is 2.79. The molecule has 3 rings (SSSR count). The van der Waals surface area contributed by atoms with Crippen LogP contribution in [0.5, 0.6) is 0 Å². The lowest BCUT2D eigenvalue weighted by Crippen LogP contribution is -2.55. The minimum absolute atomic E-state index is 0.0559. The molecule has 2 aliphatic heterocycles. The molecule has 9 heteroatoms. The summed E-state index contributed by atoms with van der Waals surface area (Å²) in [5.41, 5.74) is 0. The summed E-state index contributed by atoms with van der Waals surface area (Å²) in [7, 11) is -2.03. The van der Waals surface area contributed by atoms with Crippen LogP contribution in [0.3, 0.4) is 0 Å². The van der Waals surface area contributed by atoms with Crippen LogP contribution >= 0.6 is 11.6 Å². The summed E-state index contributed by atoms with van der Waals surface area (Å²) >= 11 is 6.01. The van der Waals surface area contributed by atoms with Crippen LogP contribution in [0.1, 0.15) is 19.3 Å². The van der Waals surface area contributed by atoms with Crippen molar-refractivity contribution in [2.24, 2.45) is 13.0 Å². The number of hydrogen-bond donors (Lipinski definition) is 1. The van der Waals surface area contributed by atoms with Crippen molar-refractivity contribution in [3.05, 3.63) is 11.5 Å². The predicted octanol–water partition coefficient (Wildman–Crippen LogP) is 0.363. The SMILES string of the molecule is Cn1cnc(S(=O)(=O)N2CCC3NC(=O)CCC3C2)c1Cl. The smallest absolute Gasteiger partial charge is 0.263 e. The number of fused-ring (bicyclic) bond motifs is 1. The highest BCUT2D eigenvalue weighted by Crippen LogP contribution is 2.30. The van der Waals surface area contributed by atoms with Crippen LogP contribution in [0.15, 0.2) is 11.4 Å². The zero-order valence-corrected chi connectivity index (χ0v) is 13.2.